The molecule has 0 fully saturated rings. The number of nitro benzene ring substituents is 1. The lowest BCUT2D eigenvalue weighted by molar-refractivity contribution is -0.387. The second kappa shape index (κ2) is 5.95. The molecule has 0 aromatic heterocycles. The van der Waals surface area contributed by atoms with E-state index in [0.29, 0.717) is 6.54 Å². The quantitative estimate of drug-likeness (QED) is 0.432. The molecule has 0 radical (unpaired) electrons. The molecule has 8 nitrogen and oxygen atoms in total. The monoisotopic (exact) mass is 288 g/mol. The van der Waals surface area contributed by atoms with Crippen LogP contribution in [-0.2, 0) is 10.0 Å². The summed E-state index contributed by atoms with van der Waals surface area (Å²) in [6.45, 7) is 0.652. The fourth-order valence-corrected chi connectivity index (χ4v) is 2.56. The standard InChI is InChI=1S/C10H16N4O4S/c1-13(2)6-5-12-19(17,18)10-4-3-8(11)7-9(10)14(15)16/h3-4,7,12H,5-6,11H2,1-2H3. The second-order valence-corrected chi connectivity index (χ2v) is 5.92. The van der Waals surface area contributed by atoms with E-state index in [-0.39, 0.29) is 17.1 Å². The van der Waals surface area contributed by atoms with Gasteiger partial charge in [-0.15, -0.1) is 0 Å². The minimum Gasteiger partial charge on any atom is -0.399 e. The van der Waals surface area contributed by atoms with Gasteiger partial charge in [0, 0.05) is 24.8 Å². The van der Waals surface area contributed by atoms with Crippen molar-refractivity contribution in [2.75, 3.05) is 32.9 Å². The molecule has 3 N–H and O–H groups in total. The van der Waals surface area contributed by atoms with Crippen LogP contribution >= 0.6 is 0 Å². The fourth-order valence-electron chi connectivity index (χ4n) is 1.39. The molecule has 1 rings (SSSR count). The van der Waals surface area contributed by atoms with Crippen LogP contribution in [0.15, 0.2) is 23.1 Å². The minimum absolute atomic E-state index is 0.138. The highest BCUT2D eigenvalue weighted by Crippen LogP contribution is 2.25. The lowest BCUT2D eigenvalue weighted by Gasteiger charge is -2.11. The number of likely N-dealkylation sites (N-methyl/N-ethyl adjacent to an activating group) is 1. The van der Waals surface area contributed by atoms with Crippen LogP contribution in [0.25, 0.3) is 0 Å². The molecular weight excluding hydrogens is 272 g/mol. The van der Waals surface area contributed by atoms with Crippen molar-refractivity contribution in [2.45, 2.75) is 4.90 Å². The average Bonchev–Trinajstić information content (AvgIpc) is 2.27. The van der Waals surface area contributed by atoms with Gasteiger partial charge in [0.1, 0.15) is 0 Å². The Labute approximate surface area is 111 Å². The van der Waals surface area contributed by atoms with Gasteiger partial charge in [-0.1, -0.05) is 0 Å². The molecule has 0 bridgehead atoms. The number of sulfonamides is 1. The van der Waals surface area contributed by atoms with Crippen LogP contribution in [0.2, 0.25) is 0 Å². The molecule has 0 unspecified atom stereocenters. The normalized spacial score (nSPS) is 11.7. The molecule has 19 heavy (non-hydrogen) atoms. The van der Waals surface area contributed by atoms with E-state index >= 15 is 0 Å². The van der Waals surface area contributed by atoms with E-state index in [2.05, 4.69) is 4.72 Å². The van der Waals surface area contributed by atoms with Crippen LogP contribution in [0, 0.1) is 10.1 Å². The summed E-state index contributed by atoms with van der Waals surface area (Å²) in [6.07, 6.45) is 0. The molecule has 0 aliphatic rings. The van der Waals surface area contributed by atoms with Crippen molar-refractivity contribution in [3.63, 3.8) is 0 Å². The van der Waals surface area contributed by atoms with Gasteiger partial charge in [0.2, 0.25) is 10.0 Å². The van der Waals surface area contributed by atoms with Gasteiger partial charge in [-0.05, 0) is 26.2 Å². The topological polar surface area (TPSA) is 119 Å². The maximum Gasteiger partial charge on any atom is 0.291 e. The Balaban J connectivity index is 3.04. The smallest absolute Gasteiger partial charge is 0.291 e. The predicted octanol–water partition coefficient (Wildman–Crippen LogP) is 0.0169. The van der Waals surface area contributed by atoms with Crippen LogP contribution in [0.1, 0.15) is 0 Å². The second-order valence-electron chi connectivity index (χ2n) is 4.19. The van der Waals surface area contributed by atoms with E-state index < -0.39 is 20.6 Å². The summed E-state index contributed by atoms with van der Waals surface area (Å²) in [4.78, 5) is 11.5. The number of nitro groups is 1. The first kappa shape index (κ1) is 15.3. The van der Waals surface area contributed by atoms with E-state index in [0.717, 1.165) is 12.1 Å². The van der Waals surface area contributed by atoms with Gasteiger partial charge < -0.3 is 10.6 Å². The predicted molar refractivity (Wildman–Crippen MR) is 71.3 cm³/mol. The number of anilines is 1. The number of nitrogens with one attached hydrogen (secondary N) is 1. The molecule has 0 heterocycles. The zero-order chi connectivity index (χ0) is 14.6. The lowest BCUT2D eigenvalue weighted by Crippen LogP contribution is -2.31. The summed E-state index contributed by atoms with van der Waals surface area (Å²) < 4.78 is 26.3. The van der Waals surface area contributed by atoms with Crippen molar-refractivity contribution >= 4 is 21.4 Å². The highest BCUT2D eigenvalue weighted by molar-refractivity contribution is 7.89. The van der Waals surface area contributed by atoms with Gasteiger partial charge in [-0.25, -0.2) is 13.1 Å². The van der Waals surface area contributed by atoms with Gasteiger partial charge in [0.25, 0.3) is 5.69 Å². The maximum absolute atomic E-state index is 12.0. The van der Waals surface area contributed by atoms with Crippen LogP contribution < -0.4 is 10.5 Å². The zero-order valence-corrected chi connectivity index (χ0v) is 11.5. The molecule has 0 atom stereocenters. The van der Waals surface area contributed by atoms with E-state index in [1.807, 2.05) is 0 Å². The van der Waals surface area contributed by atoms with Crippen LogP contribution in [0.4, 0.5) is 11.4 Å². The number of benzene rings is 1. The number of rotatable bonds is 6. The van der Waals surface area contributed by atoms with Crippen LogP contribution in [-0.4, -0.2) is 45.4 Å². The van der Waals surface area contributed by atoms with Gasteiger partial charge in [0.05, 0.1) is 4.92 Å². The fraction of sp³-hybridized carbons (Fsp3) is 0.400. The van der Waals surface area contributed by atoms with Gasteiger partial charge in [-0.3, -0.25) is 10.1 Å². The van der Waals surface area contributed by atoms with Crippen LogP contribution in [0.3, 0.4) is 0 Å². The molecular formula is C10H16N4O4S. The summed E-state index contributed by atoms with van der Waals surface area (Å²) >= 11 is 0. The molecule has 0 amide bonds. The first-order chi connectivity index (χ1) is 8.74. The van der Waals surface area contributed by atoms with Gasteiger partial charge in [0.15, 0.2) is 4.90 Å². The van der Waals surface area contributed by atoms with Crippen molar-refractivity contribution in [1.82, 2.24) is 9.62 Å². The van der Waals surface area contributed by atoms with Crippen molar-refractivity contribution in [3.8, 4) is 0 Å². The summed E-state index contributed by atoms with van der Waals surface area (Å²) in [5, 5.41) is 10.9. The Morgan fingerprint density at radius 3 is 2.58 bits per heavy atom. The third-order valence-electron chi connectivity index (χ3n) is 2.32. The molecule has 0 spiro atoms. The number of nitrogens with zero attached hydrogens (tertiary/aromatic N) is 2. The number of nitrogens with two attached hydrogens (primary N) is 1. The molecule has 9 heteroatoms. The Morgan fingerprint density at radius 1 is 1.42 bits per heavy atom. The third-order valence-corrected chi connectivity index (χ3v) is 3.83. The lowest BCUT2D eigenvalue weighted by atomic mass is 10.3. The minimum atomic E-state index is -3.92. The molecule has 1 aromatic carbocycles. The largest absolute Gasteiger partial charge is 0.399 e. The molecule has 0 saturated heterocycles. The van der Waals surface area contributed by atoms with E-state index in [4.69, 9.17) is 5.73 Å². The number of hydrogen-bond donors (Lipinski definition) is 2. The van der Waals surface area contributed by atoms with E-state index in [1.54, 1.807) is 19.0 Å². The average molecular weight is 288 g/mol. The molecule has 1 aromatic rings. The molecule has 0 aliphatic heterocycles. The highest BCUT2D eigenvalue weighted by Gasteiger charge is 2.25. The summed E-state index contributed by atoms with van der Waals surface area (Å²) in [6, 6.07) is 3.47. The van der Waals surface area contributed by atoms with Crippen molar-refractivity contribution < 1.29 is 13.3 Å². The van der Waals surface area contributed by atoms with Crippen molar-refractivity contribution in [3.05, 3.63) is 28.3 Å². The Hall–Kier alpha value is -1.71. The SMILES string of the molecule is CN(C)CCNS(=O)(=O)c1ccc(N)cc1[N+](=O)[O-]. The number of nitrogen functional groups attached to an aromatic ring is 1. The van der Waals surface area contributed by atoms with Crippen molar-refractivity contribution in [2.24, 2.45) is 0 Å². The Kier molecular flexibility index (Phi) is 4.81. The van der Waals surface area contributed by atoms with E-state index in [9.17, 15) is 18.5 Å². The van der Waals surface area contributed by atoms with Gasteiger partial charge in [-0.2, -0.15) is 0 Å². The maximum atomic E-state index is 12.0. The Bertz CT molecular complexity index is 571. The van der Waals surface area contributed by atoms with E-state index in [1.165, 1.54) is 6.07 Å². The molecule has 0 aliphatic carbocycles. The van der Waals surface area contributed by atoms with Crippen molar-refractivity contribution in [1.29, 1.82) is 0 Å². The van der Waals surface area contributed by atoms with Gasteiger partial charge >= 0.3 is 0 Å². The summed E-state index contributed by atoms with van der Waals surface area (Å²) in [5.41, 5.74) is 5.03. The summed E-state index contributed by atoms with van der Waals surface area (Å²) in [7, 11) is -0.339. The number of hydrogen-bond acceptors (Lipinski definition) is 6. The first-order valence-electron chi connectivity index (χ1n) is 5.42. The molecule has 106 valence electrons. The van der Waals surface area contributed by atoms with Crippen LogP contribution in [0.5, 0.6) is 0 Å². The third kappa shape index (κ3) is 4.16. The highest BCUT2D eigenvalue weighted by atomic mass is 32.2. The molecule has 0 saturated carbocycles. The zero-order valence-electron chi connectivity index (χ0n) is 10.7. The Morgan fingerprint density at radius 2 is 2.05 bits per heavy atom. The first-order valence-corrected chi connectivity index (χ1v) is 6.90. The summed E-state index contributed by atoms with van der Waals surface area (Å²) in [5.74, 6) is 0.